The highest BCUT2D eigenvalue weighted by Gasteiger charge is 2.14. The lowest BCUT2D eigenvalue weighted by atomic mass is 9.84. The summed E-state index contributed by atoms with van der Waals surface area (Å²) in [6.07, 6.45) is 9.21. The van der Waals surface area contributed by atoms with Gasteiger partial charge in [0.1, 0.15) is 0 Å². The Morgan fingerprint density at radius 1 is 0.909 bits per heavy atom. The number of hydrogen-bond donors (Lipinski definition) is 1. The van der Waals surface area contributed by atoms with Gasteiger partial charge in [0, 0.05) is 5.69 Å². The molecule has 1 aliphatic rings. The lowest BCUT2D eigenvalue weighted by molar-refractivity contribution is 0.356. The number of nitrogens with two attached hydrogens (primary N) is 1. The standard InChI is InChI=1S/C21H27N/c1-16-7-9-18(10-8-16)14-20-15-19(11-12-21(20)22)13-17-5-3-2-4-6-17/h7-12,15,17H,2-6,13-14,22H2,1H3. The Kier molecular flexibility index (Phi) is 4.82. The first-order chi connectivity index (χ1) is 10.7. The molecule has 1 heteroatoms. The van der Waals surface area contributed by atoms with Gasteiger partial charge in [-0.1, -0.05) is 74.1 Å². The molecule has 116 valence electrons. The van der Waals surface area contributed by atoms with Gasteiger partial charge in [-0.3, -0.25) is 0 Å². The van der Waals surface area contributed by atoms with Gasteiger partial charge < -0.3 is 5.73 Å². The molecule has 0 aliphatic heterocycles. The summed E-state index contributed by atoms with van der Waals surface area (Å²) in [6, 6.07) is 15.4. The van der Waals surface area contributed by atoms with Crippen LogP contribution in [0.5, 0.6) is 0 Å². The Hall–Kier alpha value is -1.76. The summed E-state index contributed by atoms with van der Waals surface area (Å²) in [7, 11) is 0. The van der Waals surface area contributed by atoms with Crippen LogP contribution in [0.4, 0.5) is 5.69 Å². The molecule has 1 nitrogen and oxygen atoms in total. The van der Waals surface area contributed by atoms with Crippen LogP contribution < -0.4 is 5.73 Å². The van der Waals surface area contributed by atoms with Crippen molar-refractivity contribution in [1.82, 2.24) is 0 Å². The highest BCUT2D eigenvalue weighted by atomic mass is 14.6. The van der Waals surface area contributed by atoms with E-state index in [1.807, 2.05) is 0 Å². The number of nitrogen functional groups attached to an aromatic ring is 1. The molecule has 0 saturated heterocycles. The third-order valence-corrected chi connectivity index (χ3v) is 4.97. The van der Waals surface area contributed by atoms with Crippen LogP contribution in [0, 0.1) is 12.8 Å². The van der Waals surface area contributed by atoms with Crippen molar-refractivity contribution < 1.29 is 0 Å². The number of benzene rings is 2. The summed E-state index contributed by atoms with van der Waals surface area (Å²) in [5.41, 5.74) is 12.5. The van der Waals surface area contributed by atoms with Gasteiger partial charge in [0.15, 0.2) is 0 Å². The Morgan fingerprint density at radius 3 is 2.32 bits per heavy atom. The summed E-state index contributed by atoms with van der Waals surface area (Å²) >= 11 is 0. The van der Waals surface area contributed by atoms with Gasteiger partial charge in [-0.25, -0.2) is 0 Å². The third-order valence-electron chi connectivity index (χ3n) is 4.97. The van der Waals surface area contributed by atoms with Gasteiger partial charge in [-0.2, -0.15) is 0 Å². The summed E-state index contributed by atoms with van der Waals surface area (Å²) in [4.78, 5) is 0. The van der Waals surface area contributed by atoms with E-state index in [1.54, 1.807) is 0 Å². The molecule has 1 aliphatic carbocycles. The fraction of sp³-hybridized carbons (Fsp3) is 0.429. The molecule has 0 unspecified atom stereocenters. The van der Waals surface area contributed by atoms with E-state index < -0.39 is 0 Å². The predicted molar refractivity (Wildman–Crippen MR) is 95.1 cm³/mol. The number of rotatable bonds is 4. The molecule has 0 atom stereocenters. The van der Waals surface area contributed by atoms with Crippen LogP contribution in [0.15, 0.2) is 42.5 Å². The molecule has 2 aromatic rings. The second-order valence-electron chi connectivity index (χ2n) is 6.90. The number of aryl methyl sites for hydroxylation is 1. The topological polar surface area (TPSA) is 26.0 Å². The van der Waals surface area contributed by atoms with Crippen molar-refractivity contribution in [3.8, 4) is 0 Å². The molecule has 2 aromatic carbocycles. The van der Waals surface area contributed by atoms with Gasteiger partial charge in [0.2, 0.25) is 0 Å². The van der Waals surface area contributed by atoms with Crippen molar-refractivity contribution in [1.29, 1.82) is 0 Å². The molecule has 0 bridgehead atoms. The van der Waals surface area contributed by atoms with Crippen molar-refractivity contribution >= 4 is 5.69 Å². The van der Waals surface area contributed by atoms with Gasteiger partial charge in [-0.05, 0) is 48.4 Å². The molecule has 1 fully saturated rings. The monoisotopic (exact) mass is 293 g/mol. The van der Waals surface area contributed by atoms with E-state index in [4.69, 9.17) is 5.73 Å². The van der Waals surface area contributed by atoms with Gasteiger partial charge >= 0.3 is 0 Å². The molecular formula is C21H27N. The van der Waals surface area contributed by atoms with Gasteiger partial charge in [-0.15, -0.1) is 0 Å². The molecule has 0 heterocycles. The maximum atomic E-state index is 6.20. The maximum Gasteiger partial charge on any atom is 0.0350 e. The minimum Gasteiger partial charge on any atom is -0.398 e. The van der Waals surface area contributed by atoms with E-state index in [0.717, 1.165) is 18.0 Å². The normalized spacial score (nSPS) is 15.9. The fourth-order valence-electron chi connectivity index (χ4n) is 3.59. The molecule has 22 heavy (non-hydrogen) atoms. The van der Waals surface area contributed by atoms with Crippen molar-refractivity contribution in [3.05, 3.63) is 64.7 Å². The predicted octanol–water partition coefficient (Wildman–Crippen LogP) is 5.29. The molecule has 0 radical (unpaired) electrons. The second kappa shape index (κ2) is 7.00. The van der Waals surface area contributed by atoms with Crippen LogP contribution in [-0.2, 0) is 12.8 Å². The van der Waals surface area contributed by atoms with Crippen molar-refractivity contribution in [2.45, 2.75) is 51.9 Å². The molecule has 0 aromatic heterocycles. The Balaban J connectivity index is 1.73. The van der Waals surface area contributed by atoms with Crippen molar-refractivity contribution in [2.75, 3.05) is 5.73 Å². The smallest absolute Gasteiger partial charge is 0.0350 e. The van der Waals surface area contributed by atoms with Crippen LogP contribution in [0.2, 0.25) is 0 Å². The summed E-state index contributed by atoms with van der Waals surface area (Å²) in [6.45, 7) is 2.13. The zero-order chi connectivity index (χ0) is 15.4. The highest BCUT2D eigenvalue weighted by molar-refractivity contribution is 5.50. The zero-order valence-corrected chi connectivity index (χ0v) is 13.6. The van der Waals surface area contributed by atoms with E-state index >= 15 is 0 Å². The number of hydrogen-bond acceptors (Lipinski definition) is 1. The average Bonchev–Trinajstić information content (AvgIpc) is 2.54. The third kappa shape index (κ3) is 3.91. The average molecular weight is 293 g/mol. The highest BCUT2D eigenvalue weighted by Crippen LogP contribution is 2.28. The second-order valence-corrected chi connectivity index (χ2v) is 6.90. The fourth-order valence-corrected chi connectivity index (χ4v) is 3.59. The summed E-state index contributed by atoms with van der Waals surface area (Å²) in [5, 5.41) is 0. The first kappa shape index (κ1) is 15.1. The van der Waals surface area contributed by atoms with Gasteiger partial charge in [0.05, 0.1) is 0 Å². The van der Waals surface area contributed by atoms with E-state index in [0.29, 0.717) is 0 Å². The molecule has 1 saturated carbocycles. The first-order valence-electron chi connectivity index (χ1n) is 8.63. The van der Waals surface area contributed by atoms with Crippen molar-refractivity contribution in [2.24, 2.45) is 5.92 Å². The van der Waals surface area contributed by atoms with Gasteiger partial charge in [0.25, 0.3) is 0 Å². The largest absolute Gasteiger partial charge is 0.398 e. The SMILES string of the molecule is Cc1ccc(Cc2cc(CC3CCCCC3)ccc2N)cc1. The lowest BCUT2D eigenvalue weighted by Crippen LogP contribution is -2.09. The molecule has 0 spiro atoms. The quantitative estimate of drug-likeness (QED) is 0.761. The Morgan fingerprint density at radius 2 is 1.59 bits per heavy atom. The lowest BCUT2D eigenvalue weighted by Gasteiger charge is -2.22. The van der Waals surface area contributed by atoms with E-state index in [-0.39, 0.29) is 0 Å². The van der Waals surface area contributed by atoms with Crippen LogP contribution in [0.1, 0.15) is 54.4 Å². The van der Waals surface area contributed by atoms with Crippen LogP contribution in [0.3, 0.4) is 0 Å². The van der Waals surface area contributed by atoms with Crippen LogP contribution >= 0.6 is 0 Å². The van der Waals surface area contributed by atoms with E-state index in [2.05, 4.69) is 49.4 Å². The Bertz CT molecular complexity index is 606. The van der Waals surface area contributed by atoms with Crippen LogP contribution in [0.25, 0.3) is 0 Å². The first-order valence-corrected chi connectivity index (χ1v) is 8.63. The molecule has 3 rings (SSSR count). The minimum absolute atomic E-state index is 0.879. The maximum absolute atomic E-state index is 6.20. The van der Waals surface area contributed by atoms with Crippen molar-refractivity contribution in [3.63, 3.8) is 0 Å². The Labute approximate surface area is 134 Å². The summed E-state index contributed by atoms with van der Waals surface area (Å²) < 4.78 is 0. The molecular weight excluding hydrogens is 266 g/mol. The van der Waals surface area contributed by atoms with E-state index in [9.17, 15) is 0 Å². The molecule has 0 amide bonds. The van der Waals surface area contributed by atoms with Crippen LogP contribution in [-0.4, -0.2) is 0 Å². The zero-order valence-electron chi connectivity index (χ0n) is 13.6. The minimum atomic E-state index is 0.879. The molecule has 2 N–H and O–H groups in total. The summed E-state index contributed by atoms with van der Waals surface area (Å²) in [5.74, 6) is 0.879. The van der Waals surface area contributed by atoms with E-state index in [1.165, 1.54) is 60.8 Å². The number of anilines is 1.